The van der Waals surface area contributed by atoms with E-state index in [-0.39, 0.29) is 5.41 Å². The maximum Gasteiger partial charge on any atom is 0.0722 e. The Bertz CT molecular complexity index is 3360. The van der Waals surface area contributed by atoms with Gasteiger partial charge in [0.05, 0.1) is 11.1 Å². The smallest absolute Gasteiger partial charge is 0.0722 e. The van der Waals surface area contributed by atoms with Crippen LogP contribution in [0.4, 0.5) is 17.1 Å². The van der Waals surface area contributed by atoms with E-state index in [1.807, 2.05) is 0 Å². The van der Waals surface area contributed by atoms with Crippen molar-refractivity contribution < 1.29 is 0 Å². The number of hydrogen-bond acceptors (Lipinski definition) is 1. The Morgan fingerprint density at radius 2 is 1.16 bits per heavy atom. The predicted octanol–water partition coefficient (Wildman–Crippen LogP) is 16.4. The predicted molar refractivity (Wildman–Crippen MR) is 269 cm³/mol. The Morgan fingerprint density at radius 1 is 0.484 bits per heavy atom. The maximum atomic E-state index is 2.49. The van der Waals surface area contributed by atoms with Crippen molar-refractivity contribution >= 4 is 44.6 Å². The van der Waals surface area contributed by atoms with Crippen LogP contribution in [0.2, 0.25) is 0 Å². The van der Waals surface area contributed by atoms with Gasteiger partial charge in [-0.25, -0.2) is 0 Å². The number of anilines is 3. The van der Waals surface area contributed by atoms with Gasteiger partial charge in [0.15, 0.2) is 0 Å². The lowest BCUT2D eigenvalue weighted by Crippen LogP contribution is -2.27. The van der Waals surface area contributed by atoms with Crippen LogP contribution in [0.25, 0.3) is 49.7 Å². The Hall–Kier alpha value is -7.74. The Morgan fingerprint density at radius 3 is 1.97 bits per heavy atom. The standard InChI is InChI=1S/C63H45N/c1-2-19-45(20-3-1)61-49-22-7-6-18-43(49)36-40-50(61)44-34-37-47(38-35-44)64(48-39-33-42-17-4-5-21-46(42)41-48)60-32-15-11-25-53(60)54-27-16-31-59-62(54)55-26-10-14-30-58(55)63(59)56-28-12-8-23-51(56)52-24-9-13-29-57(52)63/h1-9,11-21,23-25,27-41,49H,10,22,26H2. The average molecular weight is 816 g/mol. The molecular formula is C63H45N. The first-order valence-corrected chi connectivity index (χ1v) is 22.8. The molecule has 302 valence electrons. The van der Waals surface area contributed by atoms with E-state index in [9.17, 15) is 0 Å². The van der Waals surface area contributed by atoms with Gasteiger partial charge in [0.25, 0.3) is 0 Å². The van der Waals surface area contributed by atoms with E-state index in [4.69, 9.17) is 0 Å². The Labute approximate surface area is 375 Å². The molecule has 1 nitrogen and oxygen atoms in total. The van der Waals surface area contributed by atoms with Gasteiger partial charge in [-0.1, -0.05) is 200 Å². The highest BCUT2D eigenvalue weighted by molar-refractivity contribution is 6.03. The van der Waals surface area contributed by atoms with Crippen LogP contribution in [-0.2, 0) is 5.41 Å². The number of benzene rings is 8. The number of hydrogen-bond donors (Lipinski definition) is 0. The van der Waals surface area contributed by atoms with E-state index in [1.165, 1.54) is 94.3 Å². The van der Waals surface area contributed by atoms with Crippen LogP contribution in [0.3, 0.4) is 0 Å². The molecule has 0 aliphatic heterocycles. The zero-order valence-electron chi connectivity index (χ0n) is 35.6. The zero-order valence-corrected chi connectivity index (χ0v) is 35.6. The molecule has 1 spiro atoms. The molecule has 13 rings (SSSR count). The van der Waals surface area contributed by atoms with Crippen molar-refractivity contribution in [3.63, 3.8) is 0 Å². The molecule has 0 saturated carbocycles. The second kappa shape index (κ2) is 14.7. The minimum Gasteiger partial charge on any atom is -0.310 e. The third-order valence-corrected chi connectivity index (χ3v) is 14.5. The van der Waals surface area contributed by atoms with Gasteiger partial charge in [-0.15, -0.1) is 0 Å². The molecule has 1 unspecified atom stereocenters. The van der Waals surface area contributed by atoms with E-state index in [2.05, 4.69) is 235 Å². The molecule has 0 heterocycles. The minimum absolute atomic E-state index is 0.335. The van der Waals surface area contributed by atoms with Crippen molar-refractivity contribution in [2.75, 3.05) is 4.90 Å². The van der Waals surface area contributed by atoms with Crippen LogP contribution in [0.1, 0.15) is 52.6 Å². The molecule has 0 radical (unpaired) electrons. The first-order valence-electron chi connectivity index (χ1n) is 22.8. The topological polar surface area (TPSA) is 3.24 Å². The van der Waals surface area contributed by atoms with Gasteiger partial charge in [0.2, 0.25) is 0 Å². The monoisotopic (exact) mass is 815 g/mol. The molecule has 1 atom stereocenters. The normalized spacial score (nSPS) is 17.2. The summed E-state index contributed by atoms with van der Waals surface area (Å²) in [6.07, 6.45) is 19.4. The summed E-state index contributed by atoms with van der Waals surface area (Å²) in [6, 6.07) is 70.4. The molecule has 5 aliphatic carbocycles. The van der Waals surface area contributed by atoms with Crippen molar-refractivity contribution in [2.24, 2.45) is 5.92 Å². The van der Waals surface area contributed by atoms with Crippen LogP contribution in [0.5, 0.6) is 0 Å². The lowest BCUT2D eigenvalue weighted by atomic mass is 9.69. The summed E-state index contributed by atoms with van der Waals surface area (Å²) in [5.74, 6) is 0.335. The van der Waals surface area contributed by atoms with Crippen molar-refractivity contribution in [3.8, 4) is 22.3 Å². The van der Waals surface area contributed by atoms with Crippen molar-refractivity contribution in [1.82, 2.24) is 0 Å². The van der Waals surface area contributed by atoms with Crippen molar-refractivity contribution in [1.29, 1.82) is 0 Å². The molecule has 8 aromatic rings. The van der Waals surface area contributed by atoms with Crippen LogP contribution >= 0.6 is 0 Å². The first-order chi connectivity index (χ1) is 31.8. The number of rotatable bonds is 6. The number of nitrogens with zero attached hydrogens (tertiary/aromatic N) is 1. The summed E-state index contributed by atoms with van der Waals surface area (Å²) in [4.78, 5) is 2.49. The summed E-state index contributed by atoms with van der Waals surface area (Å²) in [6.45, 7) is 0. The van der Waals surface area contributed by atoms with Crippen LogP contribution < -0.4 is 4.90 Å². The van der Waals surface area contributed by atoms with Crippen LogP contribution in [0.15, 0.2) is 242 Å². The summed E-state index contributed by atoms with van der Waals surface area (Å²) in [5, 5.41) is 2.46. The van der Waals surface area contributed by atoms with Crippen molar-refractivity contribution in [3.05, 3.63) is 275 Å². The number of allylic oxidation sites excluding steroid dienone is 12. The highest BCUT2D eigenvalue weighted by Crippen LogP contribution is 2.64. The quantitative estimate of drug-likeness (QED) is 0.162. The van der Waals surface area contributed by atoms with Crippen molar-refractivity contribution in [2.45, 2.75) is 24.7 Å². The molecule has 0 amide bonds. The molecule has 1 heteroatoms. The van der Waals surface area contributed by atoms with Gasteiger partial charge in [-0.05, 0) is 138 Å². The van der Waals surface area contributed by atoms with Gasteiger partial charge >= 0.3 is 0 Å². The van der Waals surface area contributed by atoms with Gasteiger partial charge in [0, 0.05) is 22.9 Å². The molecule has 0 fully saturated rings. The second-order valence-electron chi connectivity index (χ2n) is 17.7. The first kappa shape index (κ1) is 36.9. The fourth-order valence-electron chi connectivity index (χ4n) is 11.9. The number of para-hydroxylation sites is 1. The maximum absolute atomic E-state index is 2.49. The molecule has 0 saturated heterocycles. The summed E-state index contributed by atoms with van der Waals surface area (Å²) in [5.41, 5.74) is 23.3. The van der Waals surface area contributed by atoms with Gasteiger partial charge in [-0.3, -0.25) is 0 Å². The summed E-state index contributed by atoms with van der Waals surface area (Å²) >= 11 is 0. The molecule has 0 bridgehead atoms. The van der Waals surface area contributed by atoms with Gasteiger partial charge in [-0.2, -0.15) is 0 Å². The van der Waals surface area contributed by atoms with E-state index < -0.39 is 0 Å². The van der Waals surface area contributed by atoms with Gasteiger partial charge in [0.1, 0.15) is 0 Å². The minimum atomic E-state index is -0.362. The third kappa shape index (κ3) is 5.44. The number of fused-ring (bicyclic) bond motifs is 11. The fourth-order valence-corrected chi connectivity index (χ4v) is 11.9. The van der Waals surface area contributed by atoms with E-state index in [0.717, 1.165) is 36.3 Å². The summed E-state index contributed by atoms with van der Waals surface area (Å²) in [7, 11) is 0. The largest absolute Gasteiger partial charge is 0.310 e. The lowest BCUT2D eigenvalue weighted by Gasteiger charge is -2.32. The highest BCUT2D eigenvalue weighted by atomic mass is 15.1. The molecule has 5 aliphatic rings. The van der Waals surface area contributed by atoms with Crippen LogP contribution in [-0.4, -0.2) is 0 Å². The SMILES string of the molecule is C1=CCC2C(=C1)C=CC(c1ccc(N(c3ccc4ccccc4c3)c3ccccc3-c3cccc4c3C3=C(C=CCC3)C43c4ccccc4-c4ccccc43)cc1)=C2c1ccccc1. The molecule has 64 heavy (non-hydrogen) atoms. The molecule has 8 aromatic carbocycles. The third-order valence-electron chi connectivity index (χ3n) is 14.5. The Kier molecular flexibility index (Phi) is 8.46. The fraction of sp³-hybridized carbons (Fsp3) is 0.0794. The Balaban J connectivity index is 1.01. The summed E-state index contributed by atoms with van der Waals surface area (Å²) < 4.78 is 0. The lowest BCUT2D eigenvalue weighted by molar-refractivity contribution is 0.780. The second-order valence-corrected chi connectivity index (χ2v) is 17.7. The highest BCUT2D eigenvalue weighted by Gasteiger charge is 2.53. The zero-order chi connectivity index (χ0) is 42.2. The molecule has 0 aromatic heterocycles. The molecular weight excluding hydrogens is 771 g/mol. The molecule has 0 N–H and O–H groups in total. The van der Waals surface area contributed by atoms with E-state index in [0.29, 0.717) is 5.92 Å². The van der Waals surface area contributed by atoms with E-state index in [1.54, 1.807) is 0 Å². The van der Waals surface area contributed by atoms with Crippen LogP contribution in [0, 0.1) is 5.92 Å². The van der Waals surface area contributed by atoms with E-state index >= 15 is 0 Å². The van der Waals surface area contributed by atoms with Gasteiger partial charge < -0.3 is 4.90 Å². The average Bonchev–Trinajstić information content (AvgIpc) is 3.84.